The second kappa shape index (κ2) is 6.16. The molecular formula is C17H17N5OS. The molecule has 1 atom stereocenters. The Hall–Kier alpha value is -2.54. The summed E-state index contributed by atoms with van der Waals surface area (Å²) in [5, 5.41) is 6.58. The van der Waals surface area contributed by atoms with Gasteiger partial charge in [-0.3, -0.25) is 4.79 Å². The van der Waals surface area contributed by atoms with Gasteiger partial charge in [-0.1, -0.05) is 6.07 Å². The van der Waals surface area contributed by atoms with Crippen LogP contribution in [0.15, 0.2) is 36.7 Å². The van der Waals surface area contributed by atoms with Crippen LogP contribution in [0.1, 0.15) is 41.2 Å². The molecule has 2 aliphatic rings. The Morgan fingerprint density at radius 1 is 1.17 bits per heavy atom. The first-order valence-corrected chi connectivity index (χ1v) is 8.44. The number of hydrogen-bond donors (Lipinski definition) is 2. The summed E-state index contributed by atoms with van der Waals surface area (Å²) in [4.78, 5) is 22.8. The summed E-state index contributed by atoms with van der Waals surface area (Å²) in [7, 11) is 0. The predicted octanol–water partition coefficient (Wildman–Crippen LogP) is 2.97. The van der Waals surface area contributed by atoms with Gasteiger partial charge in [0.2, 0.25) is 5.95 Å². The van der Waals surface area contributed by atoms with E-state index in [1.54, 1.807) is 18.5 Å². The molecule has 24 heavy (non-hydrogen) atoms. The van der Waals surface area contributed by atoms with Gasteiger partial charge in [-0.05, 0) is 49.7 Å². The van der Waals surface area contributed by atoms with E-state index in [0.717, 1.165) is 42.6 Å². The number of amides is 1. The molecule has 7 heteroatoms. The lowest BCUT2D eigenvalue weighted by molar-refractivity contribution is 0.0672. The van der Waals surface area contributed by atoms with Crippen LogP contribution >= 0.6 is 12.2 Å². The molecule has 0 aliphatic carbocycles. The van der Waals surface area contributed by atoms with Gasteiger partial charge in [0.1, 0.15) is 0 Å². The zero-order chi connectivity index (χ0) is 16.5. The van der Waals surface area contributed by atoms with Crippen molar-refractivity contribution in [3.63, 3.8) is 0 Å². The third kappa shape index (κ3) is 2.60. The summed E-state index contributed by atoms with van der Waals surface area (Å²) in [6.45, 7) is 0.832. The number of benzene rings is 1. The smallest absolute Gasteiger partial charge is 0.254 e. The van der Waals surface area contributed by atoms with Gasteiger partial charge in [-0.15, -0.1) is 0 Å². The average molecular weight is 339 g/mol. The van der Waals surface area contributed by atoms with E-state index in [9.17, 15) is 4.79 Å². The standard InChI is InChI=1S/C17H17N5OS/c23-15-11-5-3-6-12(14(11)13-7-1-2-10-22(13)15)20-17(24)21-16-18-8-4-9-19-16/h3-6,8-9,13H,1-2,7,10H2,(H2,18,19,20,21,24). The van der Waals surface area contributed by atoms with Crippen molar-refractivity contribution in [2.75, 3.05) is 17.2 Å². The monoisotopic (exact) mass is 339 g/mol. The number of fused-ring (bicyclic) bond motifs is 3. The van der Waals surface area contributed by atoms with Crippen molar-refractivity contribution in [3.8, 4) is 0 Å². The van der Waals surface area contributed by atoms with Crippen molar-refractivity contribution >= 4 is 34.9 Å². The molecule has 1 aromatic heterocycles. The summed E-state index contributed by atoms with van der Waals surface area (Å²) in [6.07, 6.45) is 6.51. The first-order chi connectivity index (χ1) is 11.7. The first kappa shape index (κ1) is 15.0. The first-order valence-electron chi connectivity index (χ1n) is 8.03. The Morgan fingerprint density at radius 3 is 2.83 bits per heavy atom. The van der Waals surface area contributed by atoms with Crippen LogP contribution < -0.4 is 10.6 Å². The van der Waals surface area contributed by atoms with Gasteiger partial charge >= 0.3 is 0 Å². The Bertz CT molecular complexity index is 795. The van der Waals surface area contributed by atoms with Crippen LogP contribution in [0.25, 0.3) is 0 Å². The molecule has 0 radical (unpaired) electrons. The molecule has 1 amide bonds. The maximum atomic E-state index is 12.6. The largest absolute Gasteiger partial charge is 0.332 e. The van der Waals surface area contributed by atoms with E-state index in [1.807, 2.05) is 23.1 Å². The summed E-state index contributed by atoms with van der Waals surface area (Å²) >= 11 is 5.36. The molecule has 0 saturated carbocycles. The SMILES string of the molecule is O=C1c2cccc(NC(=S)Nc3ncccn3)c2C2CCCCN12. The quantitative estimate of drug-likeness (QED) is 0.820. The van der Waals surface area contributed by atoms with Crippen molar-refractivity contribution < 1.29 is 4.79 Å². The molecule has 1 saturated heterocycles. The van der Waals surface area contributed by atoms with E-state index in [0.29, 0.717) is 11.1 Å². The summed E-state index contributed by atoms with van der Waals surface area (Å²) in [5.74, 6) is 0.571. The van der Waals surface area contributed by atoms with Gasteiger partial charge in [0.05, 0.1) is 6.04 Å². The van der Waals surface area contributed by atoms with Gasteiger partial charge in [-0.25, -0.2) is 9.97 Å². The minimum Gasteiger partial charge on any atom is -0.332 e. The second-order valence-corrected chi connectivity index (χ2v) is 6.34. The van der Waals surface area contributed by atoms with Crippen LogP contribution in [0.5, 0.6) is 0 Å². The number of piperidine rings is 1. The fourth-order valence-corrected chi connectivity index (χ4v) is 3.67. The fraction of sp³-hybridized carbons (Fsp3) is 0.294. The van der Waals surface area contributed by atoms with Crippen LogP contribution in [0.3, 0.4) is 0 Å². The number of hydrogen-bond acceptors (Lipinski definition) is 4. The average Bonchev–Trinajstić information content (AvgIpc) is 2.90. The van der Waals surface area contributed by atoms with E-state index in [1.165, 1.54) is 0 Å². The molecule has 0 bridgehead atoms. The molecule has 2 aliphatic heterocycles. The van der Waals surface area contributed by atoms with Crippen molar-refractivity contribution in [2.24, 2.45) is 0 Å². The number of anilines is 2. The van der Waals surface area contributed by atoms with Gasteiger partial charge in [0.15, 0.2) is 5.11 Å². The van der Waals surface area contributed by atoms with Crippen molar-refractivity contribution in [3.05, 3.63) is 47.8 Å². The van der Waals surface area contributed by atoms with Crippen molar-refractivity contribution in [1.82, 2.24) is 14.9 Å². The predicted molar refractivity (Wildman–Crippen MR) is 95.9 cm³/mol. The van der Waals surface area contributed by atoms with Gasteiger partial charge < -0.3 is 15.5 Å². The van der Waals surface area contributed by atoms with E-state index in [-0.39, 0.29) is 11.9 Å². The highest BCUT2D eigenvalue weighted by Crippen LogP contribution is 2.43. The molecule has 1 fully saturated rings. The highest BCUT2D eigenvalue weighted by Gasteiger charge is 2.39. The maximum absolute atomic E-state index is 12.6. The Kier molecular flexibility index (Phi) is 3.86. The Balaban J connectivity index is 1.59. The van der Waals surface area contributed by atoms with E-state index < -0.39 is 0 Å². The van der Waals surface area contributed by atoms with Crippen molar-refractivity contribution in [2.45, 2.75) is 25.3 Å². The third-order valence-corrected chi connectivity index (χ3v) is 4.68. The summed E-state index contributed by atoms with van der Waals surface area (Å²) in [5.41, 5.74) is 2.72. The highest BCUT2D eigenvalue weighted by molar-refractivity contribution is 7.80. The molecule has 0 spiro atoms. The molecule has 122 valence electrons. The van der Waals surface area contributed by atoms with Gasteiger partial charge in [0.25, 0.3) is 5.91 Å². The van der Waals surface area contributed by atoms with Gasteiger partial charge in [-0.2, -0.15) is 0 Å². The summed E-state index contributed by atoms with van der Waals surface area (Å²) < 4.78 is 0. The minimum atomic E-state index is 0.128. The van der Waals surface area contributed by atoms with Crippen LogP contribution in [-0.2, 0) is 0 Å². The molecule has 2 aromatic rings. The molecule has 2 N–H and O–H groups in total. The highest BCUT2D eigenvalue weighted by atomic mass is 32.1. The lowest BCUT2D eigenvalue weighted by Crippen LogP contribution is -2.32. The zero-order valence-corrected chi connectivity index (χ0v) is 13.8. The minimum absolute atomic E-state index is 0.128. The lowest BCUT2D eigenvalue weighted by atomic mass is 9.96. The number of thiocarbonyl (C=S) groups is 1. The number of rotatable bonds is 2. The zero-order valence-electron chi connectivity index (χ0n) is 13.0. The van der Waals surface area contributed by atoms with Crippen molar-refractivity contribution in [1.29, 1.82) is 0 Å². The number of nitrogens with one attached hydrogen (secondary N) is 2. The molecule has 6 nitrogen and oxygen atoms in total. The topological polar surface area (TPSA) is 70.1 Å². The number of nitrogens with zero attached hydrogens (tertiary/aromatic N) is 3. The van der Waals surface area contributed by atoms with Crippen LogP contribution in [0, 0.1) is 0 Å². The maximum Gasteiger partial charge on any atom is 0.254 e. The van der Waals surface area contributed by atoms with Gasteiger partial charge in [0, 0.05) is 35.8 Å². The van der Waals surface area contributed by atoms with Crippen LogP contribution in [0.4, 0.5) is 11.6 Å². The Morgan fingerprint density at radius 2 is 2.00 bits per heavy atom. The van der Waals surface area contributed by atoms with E-state index >= 15 is 0 Å². The van der Waals surface area contributed by atoms with E-state index in [4.69, 9.17) is 12.2 Å². The summed E-state index contributed by atoms with van der Waals surface area (Å²) in [6, 6.07) is 7.65. The Labute approximate surface area is 145 Å². The molecule has 1 unspecified atom stereocenters. The second-order valence-electron chi connectivity index (χ2n) is 5.93. The van der Waals surface area contributed by atoms with Crippen LogP contribution in [-0.4, -0.2) is 32.4 Å². The number of aromatic nitrogens is 2. The molecule has 3 heterocycles. The van der Waals surface area contributed by atoms with E-state index in [2.05, 4.69) is 20.6 Å². The molecular weight excluding hydrogens is 322 g/mol. The molecule has 4 rings (SSSR count). The fourth-order valence-electron chi connectivity index (χ4n) is 3.47. The van der Waals surface area contributed by atoms with Crippen LogP contribution in [0.2, 0.25) is 0 Å². The molecule has 1 aromatic carbocycles. The lowest BCUT2D eigenvalue weighted by Gasteiger charge is -2.30. The third-order valence-electron chi connectivity index (χ3n) is 4.47. The normalized spacial score (nSPS) is 18.8. The number of carbonyl (C=O) groups excluding carboxylic acids is 1. The number of carbonyl (C=O) groups is 1.